The topological polar surface area (TPSA) is 12.5 Å². The van der Waals surface area contributed by atoms with E-state index in [-0.39, 0.29) is 4.75 Å². The molecule has 0 unspecified atom stereocenters. The Hall–Kier alpha value is 0.620. The fourth-order valence-corrected chi connectivity index (χ4v) is 1.44. The molecule has 74 valence electrons. The molecular formula is C8H19NOS2. The minimum absolute atomic E-state index is 0.188. The summed E-state index contributed by atoms with van der Waals surface area (Å²) in [5.74, 6) is 0. The second-order valence-corrected chi connectivity index (χ2v) is 5.47. The molecule has 0 fully saturated rings. The Bertz CT molecular complexity index is 118. The van der Waals surface area contributed by atoms with E-state index in [9.17, 15) is 0 Å². The predicted molar refractivity (Wildman–Crippen MR) is 59.0 cm³/mol. The number of rotatable bonds is 6. The average molecular weight is 209 g/mol. The molecule has 0 rings (SSSR count). The Morgan fingerprint density at radius 2 is 2.08 bits per heavy atom. The van der Waals surface area contributed by atoms with Gasteiger partial charge in [0.2, 0.25) is 0 Å². The molecule has 0 aromatic rings. The maximum atomic E-state index is 5.22. The van der Waals surface area contributed by atoms with Crippen LogP contribution in [0.3, 0.4) is 0 Å². The summed E-state index contributed by atoms with van der Waals surface area (Å²) in [5.41, 5.74) is 0. The summed E-state index contributed by atoms with van der Waals surface area (Å²) >= 11 is 5.47. The minimum atomic E-state index is 0.188. The first kappa shape index (κ1) is 12.6. The third-order valence-corrected chi connectivity index (χ3v) is 2.65. The number of nitrogens with zero attached hydrogens (tertiary/aromatic N) is 1. The van der Waals surface area contributed by atoms with Gasteiger partial charge in [-0.2, -0.15) is 0 Å². The summed E-state index contributed by atoms with van der Waals surface area (Å²) < 4.78 is 6.83. The molecule has 0 amide bonds. The van der Waals surface area contributed by atoms with Gasteiger partial charge in [-0.25, -0.2) is 4.28 Å². The van der Waals surface area contributed by atoms with Crippen LogP contribution in [0, 0.1) is 0 Å². The van der Waals surface area contributed by atoms with Gasteiger partial charge in [0.05, 0.1) is 0 Å². The van der Waals surface area contributed by atoms with Crippen LogP contribution in [-0.2, 0) is 4.28 Å². The zero-order valence-corrected chi connectivity index (χ0v) is 10.0. The minimum Gasteiger partial charge on any atom is -0.218 e. The van der Waals surface area contributed by atoms with Crippen LogP contribution in [0.4, 0.5) is 0 Å². The van der Waals surface area contributed by atoms with Crippen LogP contribution >= 0.6 is 24.9 Å². The van der Waals surface area contributed by atoms with Gasteiger partial charge in [-0.05, 0) is 20.3 Å². The molecule has 0 aliphatic carbocycles. The molecule has 0 aliphatic rings. The first-order chi connectivity index (χ1) is 5.48. The van der Waals surface area contributed by atoms with Gasteiger partial charge in [-0.3, -0.25) is 0 Å². The second kappa shape index (κ2) is 6.13. The molecule has 4 heteroatoms. The standard InChI is InChI=1S/C8H19NOS2/c1-5-6-7-8(2,3)12-10-9(4)11/h11H,5-7H2,1-4H3. The van der Waals surface area contributed by atoms with Crippen LogP contribution in [0.5, 0.6) is 0 Å². The van der Waals surface area contributed by atoms with E-state index in [1.165, 1.54) is 35.8 Å². The van der Waals surface area contributed by atoms with Gasteiger partial charge in [0.15, 0.2) is 0 Å². The molecule has 0 aromatic heterocycles. The highest BCUT2D eigenvalue weighted by molar-refractivity contribution is 7.96. The molecule has 0 aliphatic heterocycles. The molecule has 0 bridgehead atoms. The lowest BCUT2D eigenvalue weighted by Crippen LogP contribution is -2.17. The Morgan fingerprint density at radius 3 is 2.50 bits per heavy atom. The normalized spacial score (nSPS) is 12.5. The first-order valence-corrected chi connectivity index (χ1v) is 5.40. The van der Waals surface area contributed by atoms with Crippen LogP contribution in [0.15, 0.2) is 0 Å². The maximum Gasteiger partial charge on any atom is 0.0387 e. The largest absolute Gasteiger partial charge is 0.218 e. The lowest BCUT2D eigenvalue weighted by molar-refractivity contribution is 0.113. The van der Waals surface area contributed by atoms with Crippen LogP contribution in [0.1, 0.15) is 40.0 Å². The summed E-state index contributed by atoms with van der Waals surface area (Å²) in [4.78, 5) is 0. The number of hydrogen-bond acceptors (Lipinski definition) is 4. The fourth-order valence-electron chi connectivity index (χ4n) is 0.799. The molecule has 0 atom stereocenters. The Morgan fingerprint density at radius 1 is 1.50 bits per heavy atom. The monoisotopic (exact) mass is 209 g/mol. The smallest absolute Gasteiger partial charge is 0.0387 e. The molecule has 0 saturated heterocycles. The number of hydrogen-bond donors (Lipinski definition) is 1. The zero-order chi connectivity index (χ0) is 9.61. The van der Waals surface area contributed by atoms with Gasteiger partial charge in [0, 0.05) is 23.8 Å². The fraction of sp³-hybridized carbons (Fsp3) is 1.00. The summed E-state index contributed by atoms with van der Waals surface area (Å²) in [6, 6.07) is 0. The second-order valence-electron chi connectivity index (χ2n) is 3.49. The molecule has 0 radical (unpaired) electrons. The highest BCUT2D eigenvalue weighted by Gasteiger charge is 2.19. The van der Waals surface area contributed by atoms with Gasteiger partial charge >= 0.3 is 0 Å². The van der Waals surface area contributed by atoms with Crippen LogP contribution in [0.25, 0.3) is 0 Å². The van der Waals surface area contributed by atoms with E-state index in [0.717, 1.165) is 0 Å². The summed E-state index contributed by atoms with van der Waals surface area (Å²) in [5, 5.41) is 0. The number of hydroxylamine groups is 1. The van der Waals surface area contributed by atoms with Gasteiger partial charge < -0.3 is 0 Å². The Balaban J connectivity index is 3.56. The van der Waals surface area contributed by atoms with Crippen molar-refractivity contribution < 1.29 is 4.28 Å². The van der Waals surface area contributed by atoms with Crippen molar-refractivity contribution in [3.8, 4) is 0 Å². The lowest BCUT2D eigenvalue weighted by atomic mass is 10.1. The third kappa shape index (κ3) is 7.28. The predicted octanol–water partition coefficient (Wildman–Crippen LogP) is 3.31. The van der Waals surface area contributed by atoms with E-state index in [0.29, 0.717) is 0 Å². The van der Waals surface area contributed by atoms with Gasteiger partial charge in [-0.15, -0.1) is 4.47 Å². The molecule has 0 aromatic carbocycles. The Kier molecular flexibility index (Phi) is 6.45. The van der Waals surface area contributed by atoms with Crippen LogP contribution in [-0.4, -0.2) is 16.3 Å². The summed E-state index contributed by atoms with van der Waals surface area (Å²) in [6.45, 7) is 6.57. The molecule has 12 heavy (non-hydrogen) atoms. The average Bonchev–Trinajstić information content (AvgIpc) is 1.98. The Labute approximate surface area is 85.7 Å². The van der Waals surface area contributed by atoms with Crippen molar-refractivity contribution in [2.75, 3.05) is 7.05 Å². The van der Waals surface area contributed by atoms with Gasteiger partial charge in [0.25, 0.3) is 0 Å². The molecule has 2 nitrogen and oxygen atoms in total. The lowest BCUT2D eigenvalue weighted by Gasteiger charge is -2.23. The van der Waals surface area contributed by atoms with Crippen molar-refractivity contribution in [3.05, 3.63) is 0 Å². The van der Waals surface area contributed by atoms with Crippen molar-refractivity contribution in [2.45, 2.75) is 44.8 Å². The van der Waals surface area contributed by atoms with Crippen molar-refractivity contribution >= 4 is 24.9 Å². The zero-order valence-electron chi connectivity index (χ0n) is 8.33. The van der Waals surface area contributed by atoms with E-state index in [1.54, 1.807) is 7.05 Å². The van der Waals surface area contributed by atoms with Crippen molar-refractivity contribution in [3.63, 3.8) is 0 Å². The van der Waals surface area contributed by atoms with Crippen molar-refractivity contribution in [1.29, 1.82) is 0 Å². The van der Waals surface area contributed by atoms with E-state index < -0.39 is 0 Å². The highest BCUT2D eigenvalue weighted by Crippen LogP contribution is 2.31. The molecule has 0 saturated carbocycles. The molecular weight excluding hydrogens is 190 g/mol. The summed E-state index contributed by atoms with van der Waals surface area (Å²) in [7, 11) is 1.77. The highest BCUT2D eigenvalue weighted by atomic mass is 32.2. The molecule has 0 heterocycles. The van der Waals surface area contributed by atoms with E-state index in [2.05, 4.69) is 33.6 Å². The van der Waals surface area contributed by atoms with Crippen LogP contribution in [0.2, 0.25) is 0 Å². The first-order valence-electron chi connectivity index (χ1n) is 4.26. The van der Waals surface area contributed by atoms with Gasteiger partial charge in [0.1, 0.15) is 0 Å². The van der Waals surface area contributed by atoms with Crippen LogP contribution < -0.4 is 0 Å². The maximum absolute atomic E-state index is 5.22. The van der Waals surface area contributed by atoms with Crippen molar-refractivity contribution in [2.24, 2.45) is 0 Å². The third-order valence-electron chi connectivity index (χ3n) is 1.50. The van der Waals surface area contributed by atoms with E-state index in [1.807, 2.05) is 0 Å². The molecule has 0 spiro atoms. The SMILES string of the molecule is CCCCC(C)(C)SON(C)S. The van der Waals surface area contributed by atoms with Gasteiger partial charge in [-0.1, -0.05) is 32.6 Å². The van der Waals surface area contributed by atoms with Crippen molar-refractivity contribution in [1.82, 2.24) is 4.47 Å². The number of thiol groups is 1. The van der Waals surface area contributed by atoms with E-state index in [4.69, 9.17) is 4.28 Å². The summed E-state index contributed by atoms with van der Waals surface area (Å²) in [6.07, 6.45) is 3.66. The van der Waals surface area contributed by atoms with E-state index >= 15 is 0 Å². The quantitative estimate of drug-likeness (QED) is 0.409. The number of unbranched alkanes of at least 4 members (excludes halogenated alkanes) is 1. The molecule has 0 N–H and O–H groups in total.